The molecule has 1 aromatic carbocycles. The van der Waals surface area contributed by atoms with Gasteiger partial charge in [0.1, 0.15) is 4.60 Å². The van der Waals surface area contributed by atoms with Gasteiger partial charge in [-0.05, 0) is 46.6 Å². The Labute approximate surface area is 127 Å². The number of pyridine rings is 1. The number of amides is 1. The van der Waals surface area contributed by atoms with Crippen LogP contribution in [0.3, 0.4) is 0 Å². The van der Waals surface area contributed by atoms with Crippen molar-refractivity contribution in [2.75, 3.05) is 5.32 Å². The number of hydrogen-bond donors (Lipinski definition) is 1. The number of nitro benzene ring substituents is 1. The predicted octanol–water partition coefficient (Wildman–Crippen LogP) is 3.45. The van der Waals surface area contributed by atoms with Crippen LogP contribution in [0.4, 0.5) is 15.8 Å². The summed E-state index contributed by atoms with van der Waals surface area (Å²) in [6.45, 7) is 1.80. The van der Waals surface area contributed by atoms with Crippen molar-refractivity contribution in [3.8, 4) is 0 Å². The minimum Gasteiger partial charge on any atom is -0.321 e. The van der Waals surface area contributed by atoms with Gasteiger partial charge >= 0.3 is 5.69 Å². The van der Waals surface area contributed by atoms with Crippen molar-refractivity contribution < 1.29 is 14.1 Å². The standard InChI is InChI=1S/C13H9BrFN3O3/c1-7-4-9(6-16-12(7)14)17-13(19)8-2-3-11(18(20)21)10(15)5-8/h2-6H,1H3,(H,17,19). The van der Waals surface area contributed by atoms with Crippen LogP contribution in [0.15, 0.2) is 35.1 Å². The van der Waals surface area contributed by atoms with Crippen molar-refractivity contribution in [2.45, 2.75) is 6.92 Å². The monoisotopic (exact) mass is 353 g/mol. The highest BCUT2D eigenvalue weighted by molar-refractivity contribution is 9.10. The van der Waals surface area contributed by atoms with Gasteiger partial charge in [0.25, 0.3) is 5.91 Å². The van der Waals surface area contributed by atoms with E-state index in [-0.39, 0.29) is 5.56 Å². The first-order chi connectivity index (χ1) is 9.88. The summed E-state index contributed by atoms with van der Waals surface area (Å²) in [6, 6.07) is 4.66. The smallest absolute Gasteiger partial charge is 0.304 e. The molecule has 0 saturated carbocycles. The Balaban J connectivity index is 2.22. The zero-order chi connectivity index (χ0) is 15.6. The fourth-order valence-corrected chi connectivity index (χ4v) is 1.84. The van der Waals surface area contributed by atoms with E-state index >= 15 is 0 Å². The van der Waals surface area contributed by atoms with E-state index in [1.807, 2.05) is 0 Å². The number of nitrogens with one attached hydrogen (secondary N) is 1. The molecule has 0 atom stereocenters. The number of anilines is 1. The van der Waals surface area contributed by atoms with E-state index in [0.29, 0.717) is 10.3 Å². The molecule has 1 N–H and O–H groups in total. The minimum absolute atomic E-state index is 0.0151. The average Bonchev–Trinajstić information content (AvgIpc) is 2.42. The second kappa shape index (κ2) is 5.96. The van der Waals surface area contributed by atoms with Crippen LogP contribution in [0.2, 0.25) is 0 Å². The number of carbonyl (C=O) groups is 1. The summed E-state index contributed by atoms with van der Waals surface area (Å²) in [7, 11) is 0. The lowest BCUT2D eigenvalue weighted by atomic mass is 10.2. The molecule has 108 valence electrons. The molecule has 0 bridgehead atoms. The number of aromatic nitrogens is 1. The van der Waals surface area contributed by atoms with E-state index < -0.39 is 22.3 Å². The van der Waals surface area contributed by atoms with Crippen molar-refractivity contribution in [1.82, 2.24) is 4.98 Å². The Morgan fingerprint density at radius 3 is 2.71 bits per heavy atom. The second-order valence-electron chi connectivity index (χ2n) is 4.21. The van der Waals surface area contributed by atoms with Crippen molar-refractivity contribution in [3.63, 3.8) is 0 Å². The molecule has 0 fully saturated rings. The minimum atomic E-state index is -1.06. The number of nitrogens with zero attached hydrogens (tertiary/aromatic N) is 2. The quantitative estimate of drug-likeness (QED) is 0.520. The van der Waals surface area contributed by atoms with E-state index in [9.17, 15) is 19.3 Å². The molecule has 0 aliphatic rings. The Morgan fingerprint density at radius 2 is 2.14 bits per heavy atom. The van der Waals surface area contributed by atoms with Gasteiger partial charge in [-0.15, -0.1) is 0 Å². The number of benzene rings is 1. The summed E-state index contributed by atoms with van der Waals surface area (Å²) < 4.78 is 14.1. The lowest BCUT2D eigenvalue weighted by molar-refractivity contribution is -0.387. The number of carbonyl (C=O) groups excluding carboxylic acids is 1. The third kappa shape index (κ3) is 3.40. The van der Waals surface area contributed by atoms with Crippen molar-refractivity contribution in [1.29, 1.82) is 0 Å². The molecular formula is C13H9BrFN3O3. The molecule has 0 aliphatic heterocycles. The summed E-state index contributed by atoms with van der Waals surface area (Å²) in [5.74, 6) is -1.63. The van der Waals surface area contributed by atoms with Crippen LogP contribution in [-0.2, 0) is 0 Å². The van der Waals surface area contributed by atoms with Crippen LogP contribution in [0.5, 0.6) is 0 Å². The number of aryl methyl sites for hydroxylation is 1. The molecule has 6 nitrogen and oxygen atoms in total. The van der Waals surface area contributed by atoms with Crippen LogP contribution in [0.25, 0.3) is 0 Å². The van der Waals surface area contributed by atoms with Gasteiger partial charge in [0.05, 0.1) is 16.8 Å². The number of nitro groups is 1. The van der Waals surface area contributed by atoms with E-state index in [0.717, 1.165) is 17.7 Å². The van der Waals surface area contributed by atoms with E-state index in [2.05, 4.69) is 26.2 Å². The Bertz CT molecular complexity index is 737. The SMILES string of the molecule is Cc1cc(NC(=O)c2ccc([N+](=O)[O-])c(F)c2)cnc1Br. The normalized spacial score (nSPS) is 10.2. The highest BCUT2D eigenvalue weighted by Gasteiger charge is 2.16. The summed E-state index contributed by atoms with van der Waals surface area (Å²) in [5.41, 5.74) is 0.577. The van der Waals surface area contributed by atoms with Gasteiger partial charge in [0.2, 0.25) is 5.82 Å². The lowest BCUT2D eigenvalue weighted by Crippen LogP contribution is -2.12. The lowest BCUT2D eigenvalue weighted by Gasteiger charge is -2.06. The number of hydrogen-bond acceptors (Lipinski definition) is 4. The Morgan fingerprint density at radius 1 is 1.43 bits per heavy atom. The summed E-state index contributed by atoms with van der Waals surface area (Å²) in [6.07, 6.45) is 1.44. The van der Waals surface area contributed by atoms with E-state index in [1.54, 1.807) is 13.0 Å². The number of halogens is 2. The first kappa shape index (κ1) is 15.0. The van der Waals surface area contributed by atoms with Crippen LogP contribution in [0.1, 0.15) is 15.9 Å². The van der Waals surface area contributed by atoms with Gasteiger partial charge in [-0.2, -0.15) is 4.39 Å². The molecule has 0 unspecified atom stereocenters. The van der Waals surface area contributed by atoms with Gasteiger partial charge in [-0.3, -0.25) is 14.9 Å². The molecule has 21 heavy (non-hydrogen) atoms. The predicted molar refractivity (Wildman–Crippen MR) is 77.7 cm³/mol. The third-order valence-electron chi connectivity index (χ3n) is 2.68. The fourth-order valence-electron chi connectivity index (χ4n) is 1.63. The zero-order valence-electron chi connectivity index (χ0n) is 10.8. The largest absolute Gasteiger partial charge is 0.321 e. The molecule has 0 aliphatic carbocycles. The molecule has 1 amide bonds. The summed E-state index contributed by atoms with van der Waals surface area (Å²) in [5, 5.41) is 13.1. The molecule has 8 heteroatoms. The summed E-state index contributed by atoms with van der Waals surface area (Å²) in [4.78, 5) is 25.6. The Kier molecular flexibility index (Phi) is 4.27. The molecule has 0 saturated heterocycles. The second-order valence-corrected chi connectivity index (χ2v) is 4.96. The van der Waals surface area contributed by atoms with Crippen LogP contribution < -0.4 is 5.32 Å². The maximum atomic E-state index is 13.5. The van der Waals surface area contributed by atoms with Gasteiger partial charge in [0, 0.05) is 11.6 Å². The van der Waals surface area contributed by atoms with Crippen molar-refractivity contribution in [2.24, 2.45) is 0 Å². The third-order valence-corrected chi connectivity index (χ3v) is 3.51. The highest BCUT2D eigenvalue weighted by Crippen LogP contribution is 2.20. The average molecular weight is 354 g/mol. The fraction of sp³-hybridized carbons (Fsp3) is 0.0769. The summed E-state index contributed by atoms with van der Waals surface area (Å²) >= 11 is 3.23. The molecule has 0 radical (unpaired) electrons. The van der Waals surface area contributed by atoms with Crippen molar-refractivity contribution in [3.05, 3.63) is 62.1 Å². The van der Waals surface area contributed by atoms with Gasteiger partial charge in [-0.1, -0.05) is 0 Å². The Hall–Kier alpha value is -2.35. The topological polar surface area (TPSA) is 85.1 Å². The highest BCUT2D eigenvalue weighted by atomic mass is 79.9. The van der Waals surface area contributed by atoms with E-state index in [1.165, 1.54) is 12.3 Å². The van der Waals surface area contributed by atoms with Crippen LogP contribution in [0, 0.1) is 22.9 Å². The molecule has 0 spiro atoms. The first-order valence-corrected chi connectivity index (χ1v) is 6.55. The van der Waals surface area contributed by atoms with Crippen LogP contribution in [-0.4, -0.2) is 15.8 Å². The van der Waals surface area contributed by atoms with Gasteiger partial charge < -0.3 is 5.32 Å². The maximum absolute atomic E-state index is 13.5. The molecule has 2 rings (SSSR count). The molecule has 1 heterocycles. The van der Waals surface area contributed by atoms with Crippen LogP contribution >= 0.6 is 15.9 Å². The first-order valence-electron chi connectivity index (χ1n) is 5.76. The maximum Gasteiger partial charge on any atom is 0.304 e. The molecular weight excluding hydrogens is 345 g/mol. The van der Waals surface area contributed by atoms with Gasteiger partial charge in [-0.25, -0.2) is 4.98 Å². The van der Waals surface area contributed by atoms with Crippen molar-refractivity contribution >= 4 is 33.2 Å². The zero-order valence-corrected chi connectivity index (χ0v) is 12.3. The van der Waals surface area contributed by atoms with Gasteiger partial charge in [0.15, 0.2) is 0 Å². The molecule has 2 aromatic rings. The van der Waals surface area contributed by atoms with E-state index in [4.69, 9.17) is 0 Å². The number of rotatable bonds is 3. The molecule has 1 aromatic heterocycles.